The molecule has 0 spiro atoms. The van der Waals surface area contributed by atoms with Gasteiger partial charge in [-0.25, -0.2) is 0 Å². The summed E-state index contributed by atoms with van der Waals surface area (Å²) in [5.41, 5.74) is 1.23. The van der Waals surface area contributed by atoms with Crippen molar-refractivity contribution in [2.75, 3.05) is 6.54 Å². The van der Waals surface area contributed by atoms with Crippen molar-refractivity contribution in [2.24, 2.45) is 0 Å². The van der Waals surface area contributed by atoms with Gasteiger partial charge in [0.2, 0.25) is 0 Å². The number of rotatable bonds is 6. The highest BCUT2D eigenvalue weighted by molar-refractivity contribution is 5.03. The summed E-state index contributed by atoms with van der Waals surface area (Å²) in [4.78, 5) is 0. The molecule has 0 aliphatic rings. The fraction of sp³-hybridized carbons (Fsp3) is 0.545. The Labute approximate surface area is 85.5 Å². The first-order valence-corrected chi connectivity index (χ1v) is 5.02. The van der Waals surface area contributed by atoms with Crippen LogP contribution < -0.4 is 5.32 Å². The molecule has 1 N–H and O–H groups in total. The van der Waals surface area contributed by atoms with Gasteiger partial charge in [-0.3, -0.25) is 4.68 Å². The number of terminal acetylenes is 1. The molecular formula is C11H17N3. The Morgan fingerprint density at radius 1 is 1.64 bits per heavy atom. The first-order valence-electron chi connectivity index (χ1n) is 5.02. The molecule has 3 nitrogen and oxygen atoms in total. The average Bonchev–Trinajstić information content (AvgIpc) is 2.65. The molecule has 0 fully saturated rings. The topological polar surface area (TPSA) is 29.9 Å². The predicted molar refractivity (Wildman–Crippen MR) is 57.7 cm³/mol. The molecule has 0 saturated heterocycles. The van der Waals surface area contributed by atoms with Gasteiger partial charge in [0.15, 0.2) is 0 Å². The highest BCUT2D eigenvalue weighted by atomic mass is 15.3. The highest BCUT2D eigenvalue weighted by Gasteiger charge is 1.95. The van der Waals surface area contributed by atoms with Crippen LogP contribution in [0.2, 0.25) is 0 Å². The van der Waals surface area contributed by atoms with Crippen LogP contribution in [0.4, 0.5) is 0 Å². The Morgan fingerprint density at radius 3 is 3.14 bits per heavy atom. The van der Waals surface area contributed by atoms with Gasteiger partial charge in [-0.05, 0) is 19.9 Å². The minimum absolute atomic E-state index is 0.848. The van der Waals surface area contributed by atoms with Crippen molar-refractivity contribution >= 4 is 0 Å². The number of unbranched alkanes of at least 4 members (excludes halogenated alkanes) is 1. The normalized spacial score (nSPS) is 10.0. The molecule has 1 heterocycles. The lowest BCUT2D eigenvalue weighted by Crippen LogP contribution is -2.14. The van der Waals surface area contributed by atoms with Gasteiger partial charge in [0.25, 0.3) is 0 Å². The van der Waals surface area contributed by atoms with E-state index in [-0.39, 0.29) is 0 Å². The van der Waals surface area contributed by atoms with Gasteiger partial charge in [0.05, 0.1) is 6.20 Å². The minimum atomic E-state index is 0.848. The van der Waals surface area contributed by atoms with Crippen LogP contribution >= 0.6 is 0 Å². The Bertz CT molecular complexity index is 296. The zero-order valence-electron chi connectivity index (χ0n) is 8.66. The summed E-state index contributed by atoms with van der Waals surface area (Å²) < 4.78 is 1.93. The maximum absolute atomic E-state index is 5.15. The molecular weight excluding hydrogens is 174 g/mol. The van der Waals surface area contributed by atoms with E-state index in [0.29, 0.717) is 0 Å². The second kappa shape index (κ2) is 6.22. The lowest BCUT2D eigenvalue weighted by molar-refractivity contribution is 0.648. The summed E-state index contributed by atoms with van der Waals surface area (Å²) in [6.45, 7) is 4.86. The third-order valence-electron chi connectivity index (χ3n) is 2.01. The number of nitrogens with one attached hydrogen (secondary N) is 1. The smallest absolute Gasteiger partial charge is 0.0534 e. The Balaban J connectivity index is 2.15. The first-order chi connectivity index (χ1) is 6.86. The van der Waals surface area contributed by atoms with E-state index in [0.717, 1.165) is 32.5 Å². The zero-order chi connectivity index (χ0) is 10.2. The lowest BCUT2D eigenvalue weighted by atomic mass is 10.3. The van der Waals surface area contributed by atoms with Crippen LogP contribution in [0.3, 0.4) is 0 Å². The standard InChI is InChI=1S/C11H17N3/c1-3-5-6-7-12-8-11-9-13-14(4-2)10-11/h1,9-10,12H,4-8H2,2H3. The molecule has 14 heavy (non-hydrogen) atoms. The van der Waals surface area contributed by atoms with Crippen LogP contribution in [0, 0.1) is 12.3 Å². The Kier molecular flexibility index (Phi) is 4.81. The minimum Gasteiger partial charge on any atom is -0.313 e. The maximum atomic E-state index is 5.15. The van der Waals surface area contributed by atoms with Crippen LogP contribution in [-0.4, -0.2) is 16.3 Å². The van der Waals surface area contributed by atoms with Gasteiger partial charge < -0.3 is 5.32 Å². The predicted octanol–water partition coefficient (Wildman–Crippen LogP) is 1.41. The van der Waals surface area contributed by atoms with Crippen molar-refractivity contribution in [3.8, 4) is 12.3 Å². The molecule has 0 aliphatic heterocycles. The fourth-order valence-corrected chi connectivity index (χ4v) is 1.22. The Hall–Kier alpha value is -1.27. The number of aromatic nitrogens is 2. The highest BCUT2D eigenvalue weighted by Crippen LogP contribution is 1.96. The van der Waals surface area contributed by atoms with Crippen molar-refractivity contribution in [1.29, 1.82) is 0 Å². The number of aryl methyl sites for hydroxylation is 1. The van der Waals surface area contributed by atoms with Crippen LogP contribution in [-0.2, 0) is 13.1 Å². The van der Waals surface area contributed by atoms with Crippen molar-refractivity contribution in [1.82, 2.24) is 15.1 Å². The monoisotopic (exact) mass is 191 g/mol. The Morgan fingerprint density at radius 2 is 2.50 bits per heavy atom. The van der Waals surface area contributed by atoms with E-state index in [4.69, 9.17) is 6.42 Å². The van der Waals surface area contributed by atoms with E-state index in [1.165, 1.54) is 5.56 Å². The van der Waals surface area contributed by atoms with E-state index < -0.39 is 0 Å². The number of hydrogen-bond donors (Lipinski definition) is 1. The number of nitrogens with zero attached hydrogens (tertiary/aromatic N) is 2. The quantitative estimate of drug-likeness (QED) is 0.544. The van der Waals surface area contributed by atoms with Gasteiger partial charge in [-0.2, -0.15) is 5.10 Å². The van der Waals surface area contributed by atoms with Crippen LogP contribution in [0.5, 0.6) is 0 Å². The summed E-state index contributed by atoms with van der Waals surface area (Å²) in [5, 5.41) is 7.52. The van der Waals surface area contributed by atoms with Crippen molar-refractivity contribution < 1.29 is 0 Å². The SMILES string of the molecule is C#CCCCNCc1cnn(CC)c1. The molecule has 76 valence electrons. The van der Waals surface area contributed by atoms with E-state index in [2.05, 4.69) is 29.5 Å². The molecule has 0 unspecified atom stereocenters. The van der Waals surface area contributed by atoms with Gasteiger partial charge in [-0.1, -0.05) is 0 Å². The van der Waals surface area contributed by atoms with E-state index >= 15 is 0 Å². The molecule has 0 amide bonds. The van der Waals surface area contributed by atoms with E-state index in [1.807, 2.05) is 10.9 Å². The molecule has 0 atom stereocenters. The largest absolute Gasteiger partial charge is 0.313 e. The molecule has 0 aromatic carbocycles. The summed E-state index contributed by atoms with van der Waals surface area (Å²) in [5.74, 6) is 2.62. The van der Waals surface area contributed by atoms with E-state index in [9.17, 15) is 0 Å². The fourth-order valence-electron chi connectivity index (χ4n) is 1.22. The number of hydrogen-bond acceptors (Lipinski definition) is 2. The van der Waals surface area contributed by atoms with Gasteiger partial charge in [0, 0.05) is 31.3 Å². The van der Waals surface area contributed by atoms with Gasteiger partial charge in [-0.15, -0.1) is 12.3 Å². The molecule has 3 heteroatoms. The molecule has 1 rings (SSSR count). The maximum Gasteiger partial charge on any atom is 0.0534 e. The van der Waals surface area contributed by atoms with Crippen LogP contribution in [0.15, 0.2) is 12.4 Å². The molecule has 0 saturated carbocycles. The molecule has 0 radical (unpaired) electrons. The molecule has 0 aliphatic carbocycles. The summed E-state index contributed by atoms with van der Waals surface area (Å²) in [6, 6.07) is 0. The third-order valence-corrected chi connectivity index (χ3v) is 2.01. The third kappa shape index (κ3) is 3.63. The van der Waals surface area contributed by atoms with Crippen LogP contribution in [0.1, 0.15) is 25.3 Å². The molecule has 1 aromatic rings. The van der Waals surface area contributed by atoms with Crippen molar-refractivity contribution in [3.05, 3.63) is 18.0 Å². The molecule has 0 bridgehead atoms. The van der Waals surface area contributed by atoms with E-state index in [1.54, 1.807) is 0 Å². The zero-order valence-corrected chi connectivity index (χ0v) is 8.66. The van der Waals surface area contributed by atoms with Gasteiger partial charge in [0.1, 0.15) is 0 Å². The first kappa shape index (κ1) is 10.8. The van der Waals surface area contributed by atoms with Gasteiger partial charge >= 0.3 is 0 Å². The second-order valence-electron chi connectivity index (χ2n) is 3.19. The second-order valence-corrected chi connectivity index (χ2v) is 3.19. The molecule has 1 aromatic heterocycles. The summed E-state index contributed by atoms with van der Waals surface area (Å²) in [7, 11) is 0. The lowest BCUT2D eigenvalue weighted by Gasteiger charge is -1.99. The average molecular weight is 191 g/mol. The van der Waals surface area contributed by atoms with Crippen molar-refractivity contribution in [2.45, 2.75) is 32.9 Å². The summed E-state index contributed by atoms with van der Waals surface area (Å²) >= 11 is 0. The van der Waals surface area contributed by atoms with Crippen LogP contribution in [0.25, 0.3) is 0 Å². The summed E-state index contributed by atoms with van der Waals surface area (Å²) in [6.07, 6.45) is 11.0. The van der Waals surface area contributed by atoms with Crippen molar-refractivity contribution in [3.63, 3.8) is 0 Å².